The molecule has 1 fully saturated rings. The van der Waals surface area contributed by atoms with E-state index in [1.165, 1.54) is 0 Å². The Bertz CT molecular complexity index is 446. The van der Waals surface area contributed by atoms with Gasteiger partial charge in [0.25, 0.3) is 0 Å². The van der Waals surface area contributed by atoms with Crippen molar-refractivity contribution in [3.8, 4) is 11.5 Å². The Labute approximate surface area is 121 Å². The van der Waals surface area contributed by atoms with Crippen LogP contribution in [-0.2, 0) is 5.54 Å². The zero-order valence-corrected chi connectivity index (χ0v) is 13.0. The number of benzene rings is 1. The average molecular weight is 278 g/mol. The highest BCUT2D eigenvalue weighted by Crippen LogP contribution is 2.37. The maximum Gasteiger partial charge on any atom is 0.166 e. The first-order chi connectivity index (χ1) is 9.41. The van der Waals surface area contributed by atoms with E-state index in [0.717, 1.165) is 43.0 Å². The monoisotopic (exact) mass is 278 g/mol. The van der Waals surface area contributed by atoms with Crippen molar-refractivity contribution < 1.29 is 9.47 Å². The molecule has 2 N–H and O–H groups in total. The van der Waals surface area contributed by atoms with E-state index < -0.39 is 5.54 Å². The molecule has 1 aliphatic heterocycles. The molecule has 4 nitrogen and oxygen atoms in total. The van der Waals surface area contributed by atoms with Crippen molar-refractivity contribution in [3.05, 3.63) is 23.8 Å². The number of likely N-dealkylation sites (tertiary alicyclic amines) is 1. The van der Waals surface area contributed by atoms with Crippen molar-refractivity contribution in [1.82, 2.24) is 4.90 Å². The summed E-state index contributed by atoms with van der Waals surface area (Å²) in [4.78, 5) is 2.33. The molecule has 4 heteroatoms. The van der Waals surface area contributed by atoms with Gasteiger partial charge in [-0.05, 0) is 39.8 Å². The van der Waals surface area contributed by atoms with E-state index in [0.29, 0.717) is 0 Å². The number of para-hydroxylation sites is 1. The minimum absolute atomic E-state index is 0.239. The van der Waals surface area contributed by atoms with E-state index in [2.05, 4.69) is 11.9 Å². The van der Waals surface area contributed by atoms with Crippen LogP contribution in [0.5, 0.6) is 11.5 Å². The van der Waals surface area contributed by atoms with Crippen LogP contribution >= 0.6 is 0 Å². The molecule has 2 rings (SSSR count). The standard InChI is InChI=1S/C16H26N2O2/c1-16(2,17)13-6-5-7-14(19-4)15(13)20-12-8-10-18(3)11-9-12/h5-7,12H,8-11,17H2,1-4H3. The number of hydrogen-bond acceptors (Lipinski definition) is 4. The smallest absolute Gasteiger partial charge is 0.166 e. The van der Waals surface area contributed by atoms with Crippen LogP contribution in [0.25, 0.3) is 0 Å². The van der Waals surface area contributed by atoms with E-state index in [-0.39, 0.29) is 6.10 Å². The van der Waals surface area contributed by atoms with Gasteiger partial charge in [0.2, 0.25) is 0 Å². The maximum atomic E-state index is 6.26. The molecule has 0 radical (unpaired) electrons. The zero-order chi connectivity index (χ0) is 14.8. The lowest BCUT2D eigenvalue weighted by Gasteiger charge is -2.32. The number of ether oxygens (including phenoxy) is 2. The normalized spacial score (nSPS) is 18.1. The third-order valence-electron chi connectivity index (χ3n) is 3.84. The predicted octanol–water partition coefficient (Wildman–Crippen LogP) is 2.36. The second kappa shape index (κ2) is 6.02. The minimum atomic E-state index is -0.449. The first kappa shape index (κ1) is 15.1. The summed E-state index contributed by atoms with van der Waals surface area (Å²) < 4.78 is 11.7. The van der Waals surface area contributed by atoms with Crippen molar-refractivity contribution in [2.75, 3.05) is 27.2 Å². The molecule has 0 bridgehead atoms. The number of nitrogens with zero attached hydrogens (tertiary/aromatic N) is 1. The molecule has 0 saturated carbocycles. The minimum Gasteiger partial charge on any atom is -0.493 e. The largest absolute Gasteiger partial charge is 0.493 e. The van der Waals surface area contributed by atoms with Crippen LogP contribution in [0.1, 0.15) is 32.3 Å². The lowest BCUT2D eigenvalue weighted by molar-refractivity contribution is 0.109. The molecule has 1 aromatic carbocycles. The predicted molar refractivity (Wildman–Crippen MR) is 81.4 cm³/mol. The SMILES string of the molecule is COc1cccc(C(C)(C)N)c1OC1CCN(C)CC1. The zero-order valence-electron chi connectivity index (χ0n) is 13.0. The fourth-order valence-electron chi connectivity index (χ4n) is 2.57. The molecule has 0 aliphatic carbocycles. The van der Waals surface area contributed by atoms with Crippen LogP contribution in [0, 0.1) is 0 Å². The first-order valence-corrected chi connectivity index (χ1v) is 7.23. The van der Waals surface area contributed by atoms with Crippen LogP contribution in [0.3, 0.4) is 0 Å². The van der Waals surface area contributed by atoms with Crippen LogP contribution in [-0.4, -0.2) is 38.3 Å². The van der Waals surface area contributed by atoms with Crippen molar-refractivity contribution in [2.24, 2.45) is 5.73 Å². The highest BCUT2D eigenvalue weighted by molar-refractivity contribution is 5.49. The third kappa shape index (κ3) is 3.44. The summed E-state index contributed by atoms with van der Waals surface area (Å²) in [7, 11) is 3.82. The molecule has 0 amide bonds. The van der Waals surface area contributed by atoms with Gasteiger partial charge in [-0.15, -0.1) is 0 Å². The third-order valence-corrected chi connectivity index (χ3v) is 3.84. The number of nitrogens with two attached hydrogens (primary N) is 1. The summed E-state index contributed by atoms with van der Waals surface area (Å²) in [5.74, 6) is 1.57. The van der Waals surface area contributed by atoms with Crippen molar-refractivity contribution in [3.63, 3.8) is 0 Å². The Morgan fingerprint density at radius 2 is 1.90 bits per heavy atom. The van der Waals surface area contributed by atoms with E-state index in [9.17, 15) is 0 Å². The molecule has 0 unspecified atom stereocenters. The summed E-state index contributed by atoms with van der Waals surface area (Å²) in [6.45, 7) is 6.12. The van der Waals surface area contributed by atoms with Crippen LogP contribution in [0.15, 0.2) is 18.2 Å². The molecule has 1 saturated heterocycles. The highest BCUT2D eigenvalue weighted by Gasteiger charge is 2.26. The van der Waals surface area contributed by atoms with Gasteiger partial charge in [-0.2, -0.15) is 0 Å². The van der Waals surface area contributed by atoms with Gasteiger partial charge in [-0.25, -0.2) is 0 Å². The molecule has 112 valence electrons. The van der Waals surface area contributed by atoms with Gasteiger partial charge >= 0.3 is 0 Å². The number of methoxy groups -OCH3 is 1. The molecule has 0 aromatic heterocycles. The molecular formula is C16H26N2O2. The van der Waals surface area contributed by atoms with Gasteiger partial charge in [-0.3, -0.25) is 0 Å². The number of piperidine rings is 1. The quantitative estimate of drug-likeness (QED) is 0.918. The molecule has 1 aromatic rings. The second-order valence-electron chi connectivity index (χ2n) is 6.18. The van der Waals surface area contributed by atoms with Crippen molar-refractivity contribution in [2.45, 2.75) is 38.3 Å². The van der Waals surface area contributed by atoms with Crippen LogP contribution in [0.2, 0.25) is 0 Å². The molecular weight excluding hydrogens is 252 g/mol. The second-order valence-corrected chi connectivity index (χ2v) is 6.18. The summed E-state index contributed by atoms with van der Waals surface area (Å²) >= 11 is 0. The van der Waals surface area contributed by atoms with Gasteiger partial charge < -0.3 is 20.1 Å². The summed E-state index contributed by atoms with van der Waals surface area (Å²) in [5, 5.41) is 0. The van der Waals surface area contributed by atoms with Gasteiger partial charge in [0.05, 0.1) is 7.11 Å². The summed E-state index contributed by atoms with van der Waals surface area (Å²) in [6.07, 6.45) is 2.32. The van der Waals surface area contributed by atoms with E-state index >= 15 is 0 Å². The van der Waals surface area contributed by atoms with Gasteiger partial charge in [-0.1, -0.05) is 12.1 Å². The first-order valence-electron chi connectivity index (χ1n) is 7.23. The lowest BCUT2D eigenvalue weighted by Crippen LogP contribution is -2.36. The topological polar surface area (TPSA) is 47.7 Å². The van der Waals surface area contributed by atoms with Crippen molar-refractivity contribution >= 4 is 0 Å². The fraction of sp³-hybridized carbons (Fsp3) is 0.625. The Hall–Kier alpha value is -1.26. The van der Waals surface area contributed by atoms with E-state index in [1.807, 2.05) is 32.0 Å². The fourth-order valence-corrected chi connectivity index (χ4v) is 2.57. The van der Waals surface area contributed by atoms with E-state index in [4.69, 9.17) is 15.2 Å². The Balaban J connectivity index is 2.25. The lowest BCUT2D eigenvalue weighted by atomic mass is 9.94. The molecule has 20 heavy (non-hydrogen) atoms. The Morgan fingerprint density at radius 3 is 2.45 bits per heavy atom. The Kier molecular flexibility index (Phi) is 4.55. The van der Waals surface area contributed by atoms with Gasteiger partial charge in [0.1, 0.15) is 6.10 Å². The van der Waals surface area contributed by atoms with Crippen LogP contribution < -0.4 is 15.2 Å². The van der Waals surface area contributed by atoms with Crippen LogP contribution in [0.4, 0.5) is 0 Å². The molecule has 0 spiro atoms. The summed E-state index contributed by atoms with van der Waals surface area (Å²) in [6, 6.07) is 5.91. The molecule has 1 heterocycles. The highest BCUT2D eigenvalue weighted by atomic mass is 16.5. The number of hydrogen-bond donors (Lipinski definition) is 1. The molecule has 1 aliphatic rings. The van der Waals surface area contributed by atoms with Gasteiger partial charge in [0, 0.05) is 24.2 Å². The Morgan fingerprint density at radius 1 is 1.25 bits per heavy atom. The van der Waals surface area contributed by atoms with Gasteiger partial charge in [0.15, 0.2) is 11.5 Å². The van der Waals surface area contributed by atoms with E-state index in [1.54, 1.807) is 7.11 Å². The number of rotatable bonds is 4. The molecule has 0 atom stereocenters. The maximum absolute atomic E-state index is 6.26. The van der Waals surface area contributed by atoms with Crippen molar-refractivity contribution in [1.29, 1.82) is 0 Å². The average Bonchev–Trinajstić information content (AvgIpc) is 2.40. The summed E-state index contributed by atoms with van der Waals surface area (Å²) in [5.41, 5.74) is 6.81.